The van der Waals surface area contributed by atoms with E-state index in [2.05, 4.69) is 65.9 Å². The first-order valence-electron chi connectivity index (χ1n) is 9.72. The fraction of sp³-hybridized carbons (Fsp3) is 0.727. The maximum absolute atomic E-state index is 10.1. The second-order valence-electron chi connectivity index (χ2n) is 9.30. The fourth-order valence-corrected chi connectivity index (χ4v) is 3.23. The van der Waals surface area contributed by atoms with Gasteiger partial charge in [0.05, 0.1) is 19.3 Å². The summed E-state index contributed by atoms with van der Waals surface area (Å²) in [7, 11) is 0. The molecule has 0 aromatic heterocycles. The highest BCUT2D eigenvalue weighted by molar-refractivity contribution is 5.28. The van der Waals surface area contributed by atoms with Gasteiger partial charge in [-0.25, -0.2) is 0 Å². The van der Waals surface area contributed by atoms with Crippen molar-refractivity contribution in [1.82, 2.24) is 5.32 Å². The molecule has 1 aromatic carbocycles. The van der Waals surface area contributed by atoms with Crippen molar-refractivity contribution < 1.29 is 14.6 Å². The zero-order chi connectivity index (χ0) is 19.8. The van der Waals surface area contributed by atoms with Crippen LogP contribution in [0, 0.1) is 5.41 Å². The van der Waals surface area contributed by atoms with Crippen molar-refractivity contribution in [1.29, 1.82) is 0 Å². The van der Waals surface area contributed by atoms with Gasteiger partial charge in [-0.15, -0.1) is 0 Å². The number of β-amino-alcohol motifs (C(OH)–C–C–N with tert-alkyl or cyclic N) is 1. The summed E-state index contributed by atoms with van der Waals surface area (Å²) in [4.78, 5) is 0. The first-order valence-corrected chi connectivity index (χ1v) is 9.72. The second kappa shape index (κ2) is 10.3. The highest BCUT2D eigenvalue weighted by atomic mass is 16.5. The number of benzene rings is 1. The lowest BCUT2D eigenvalue weighted by molar-refractivity contribution is 0.0211. The van der Waals surface area contributed by atoms with Gasteiger partial charge in [-0.2, -0.15) is 0 Å². The Morgan fingerprint density at radius 3 is 2.15 bits per heavy atom. The molecule has 1 rings (SSSR count). The molecule has 0 aliphatic carbocycles. The standard InChI is InChI=1S/C22H39NO3/c1-17(2)18-8-10-20(11-9-18)26-13-12-25-15-19(24)14-23-22(6,7)16-21(3,4)5/h8-11,17,19,23-24H,12-16H2,1-7H3. The van der Waals surface area contributed by atoms with Crippen LogP contribution < -0.4 is 10.1 Å². The van der Waals surface area contributed by atoms with Crippen LogP contribution in [-0.4, -0.2) is 43.1 Å². The van der Waals surface area contributed by atoms with E-state index in [1.165, 1.54) is 5.56 Å². The topological polar surface area (TPSA) is 50.7 Å². The molecule has 0 amide bonds. The van der Waals surface area contributed by atoms with Crippen molar-refractivity contribution in [2.24, 2.45) is 5.41 Å². The highest BCUT2D eigenvalue weighted by Gasteiger charge is 2.25. The van der Waals surface area contributed by atoms with Crippen molar-refractivity contribution >= 4 is 0 Å². The van der Waals surface area contributed by atoms with Gasteiger partial charge < -0.3 is 19.9 Å². The van der Waals surface area contributed by atoms with E-state index in [1.54, 1.807) is 0 Å². The van der Waals surface area contributed by atoms with Gasteiger partial charge in [-0.1, -0.05) is 46.8 Å². The van der Waals surface area contributed by atoms with Crippen LogP contribution in [0.1, 0.15) is 66.4 Å². The Balaban J connectivity index is 2.17. The number of rotatable bonds is 11. The van der Waals surface area contributed by atoms with Crippen molar-refractivity contribution in [3.63, 3.8) is 0 Å². The number of aliphatic hydroxyl groups excluding tert-OH is 1. The van der Waals surface area contributed by atoms with Crippen LogP contribution in [0.25, 0.3) is 0 Å². The number of ether oxygens (including phenoxy) is 2. The van der Waals surface area contributed by atoms with Crippen LogP contribution in [-0.2, 0) is 4.74 Å². The van der Waals surface area contributed by atoms with Gasteiger partial charge in [-0.05, 0) is 49.3 Å². The molecule has 0 radical (unpaired) electrons. The molecule has 2 N–H and O–H groups in total. The molecule has 0 spiro atoms. The van der Waals surface area contributed by atoms with E-state index in [0.717, 1.165) is 12.2 Å². The van der Waals surface area contributed by atoms with E-state index in [0.29, 0.717) is 32.3 Å². The quantitative estimate of drug-likeness (QED) is 0.572. The van der Waals surface area contributed by atoms with Crippen LogP contribution in [0.15, 0.2) is 24.3 Å². The fourth-order valence-electron chi connectivity index (χ4n) is 3.23. The lowest BCUT2D eigenvalue weighted by Crippen LogP contribution is -2.46. The van der Waals surface area contributed by atoms with E-state index in [4.69, 9.17) is 9.47 Å². The molecule has 0 fully saturated rings. The van der Waals surface area contributed by atoms with E-state index in [9.17, 15) is 5.11 Å². The zero-order valence-electron chi connectivity index (χ0n) is 17.8. The Morgan fingerprint density at radius 1 is 1.00 bits per heavy atom. The largest absolute Gasteiger partial charge is 0.491 e. The van der Waals surface area contributed by atoms with Gasteiger partial charge >= 0.3 is 0 Å². The van der Waals surface area contributed by atoms with E-state index in [1.807, 2.05) is 12.1 Å². The molecule has 0 bridgehead atoms. The summed E-state index contributed by atoms with van der Waals surface area (Å²) in [6.07, 6.45) is 0.524. The molecule has 1 unspecified atom stereocenters. The molecule has 0 heterocycles. The molecule has 150 valence electrons. The Kier molecular flexibility index (Phi) is 9.08. The molecule has 26 heavy (non-hydrogen) atoms. The van der Waals surface area contributed by atoms with Gasteiger partial charge in [0.15, 0.2) is 0 Å². The van der Waals surface area contributed by atoms with E-state index < -0.39 is 6.10 Å². The van der Waals surface area contributed by atoms with Gasteiger partial charge in [0.1, 0.15) is 12.4 Å². The molecule has 0 aliphatic rings. The second-order valence-corrected chi connectivity index (χ2v) is 9.30. The predicted octanol–water partition coefficient (Wildman–Crippen LogP) is 4.37. The maximum Gasteiger partial charge on any atom is 0.119 e. The molecule has 0 saturated carbocycles. The average molecular weight is 366 g/mol. The summed E-state index contributed by atoms with van der Waals surface area (Å²) >= 11 is 0. The van der Waals surface area contributed by atoms with Crippen LogP contribution >= 0.6 is 0 Å². The molecular formula is C22H39NO3. The van der Waals surface area contributed by atoms with Crippen LogP contribution in [0.4, 0.5) is 0 Å². The minimum atomic E-state index is -0.514. The summed E-state index contributed by atoms with van der Waals surface area (Å²) in [5.74, 6) is 1.38. The molecule has 0 saturated heterocycles. The van der Waals surface area contributed by atoms with Crippen LogP contribution in [0.5, 0.6) is 5.75 Å². The van der Waals surface area contributed by atoms with Crippen LogP contribution in [0.2, 0.25) is 0 Å². The van der Waals surface area contributed by atoms with E-state index >= 15 is 0 Å². The first-order chi connectivity index (χ1) is 12.0. The molecule has 4 nitrogen and oxygen atoms in total. The smallest absolute Gasteiger partial charge is 0.119 e. The van der Waals surface area contributed by atoms with Crippen LogP contribution in [0.3, 0.4) is 0 Å². The highest BCUT2D eigenvalue weighted by Crippen LogP contribution is 2.26. The number of hydrogen-bond donors (Lipinski definition) is 2. The number of nitrogens with one attached hydrogen (secondary N) is 1. The zero-order valence-corrected chi connectivity index (χ0v) is 17.8. The van der Waals surface area contributed by atoms with Crippen molar-refractivity contribution in [3.05, 3.63) is 29.8 Å². The summed E-state index contributed by atoms with van der Waals surface area (Å²) in [6.45, 7) is 17.2. The van der Waals surface area contributed by atoms with Gasteiger partial charge in [0.2, 0.25) is 0 Å². The summed E-state index contributed by atoms with van der Waals surface area (Å²) < 4.78 is 11.2. The van der Waals surface area contributed by atoms with Gasteiger partial charge in [0.25, 0.3) is 0 Å². The number of hydrogen-bond acceptors (Lipinski definition) is 4. The summed E-state index contributed by atoms with van der Waals surface area (Å²) in [5.41, 5.74) is 1.55. The Morgan fingerprint density at radius 2 is 1.62 bits per heavy atom. The third-order valence-corrected chi connectivity index (χ3v) is 4.14. The molecular weight excluding hydrogens is 326 g/mol. The lowest BCUT2D eigenvalue weighted by Gasteiger charge is -2.34. The molecule has 0 aliphatic heterocycles. The maximum atomic E-state index is 10.1. The summed E-state index contributed by atoms with van der Waals surface area (Å²) in [5, 5.41) is 13.5. The molecule has 4 heteroatoms. The van der Waals surface area contributed by atoms with Crippen molar-refractivity contribution in [2.75, 3.05) is 26.4 Å². The van der Waals surface area contributed by atoms with Crippen molar-refractivity contribution in [2.45, 2.75) is 72.4 Å². The van der Waals surface area contributed by atoms with Gasteiger partial charge in [-0.3, -0.25) is 0 Å². The number of aliphatic hydroxyl groups is 1. The lowest BCUT2D eigenvalue weighted by atomic mass is 9.82. The third-order valence-electron chi connectivity index (χ3n) is 4.14. The third kappa shape index (κ3) is 10.1. The first kappa shape index (κ1) is 22.9. The normalized spacial score (nSPS) is 13.9. The minimum absolute atomic E-state index is 0.00943. The Hall–Kier alpha value is -1.10. The molecule has 1 aromatic rings. The minimum Gasteiger partial charge on any atom is -0.491 e. The molecule has 1 atom stereocenters. The SMILES string of the molecule is CC(C)c1ccc(OCCOCC(O)CNC(C)(C)CC(C)(C)C)cc1. The summed E-state index contributed by atoms with van der Waals surface area (Å²) in [6, 6.07) is 8.17. The van der Waals surface area contributed by atoms with Gasteiger partial charge in [0, 0.05) is 12.1 Å². The predicted molar refractivity (Wildman–Crippen MR) is 109 cm³/mol. The Labute approximate surface area is 160 Å². The van der Waals surface area contributed by atoms with E-state index in [-0.39, 0.29) is 11.0 Å². The average Bonchev–Trinajstić information content (AvgIpc) is 2.51. The Bertz CT molecular complexity index is 503. The van der Waals surface area contributed by atoms with Crippen molar-refractivity contribution in [3.8, 4) is 5.75 Å². The monoisotopic (exact) mass is 365 g/mol.